The first-order chi connectivity index (χ1) is 68.4. The first kappa shape index (κ1) is 104. The molecule has 13 heteroatoms. The average molecular weight is 2180 g/mol. The second kappa shape index (κ2) is 48.6. The number of rotatable bonds is 26. The summed E-state index contributed by atoms with van der Waals surface area (Å²) in [6, 6.07) is 97.0. The SMILES string of the molecule is C(C[PH+](C12CC3CC(CC(C3)C1)C2)C12CC3CC(CC(C3)C1)C2)NCC[PH+](C12CC3CC(CC(C3)C1)C2)C12CC3CC(CC(C3)C1)C2.CCCCCCP(C12CC3CC(CC(C3)C1)C2)C12CC3CC(CC(C3)C1)C2.[C-]#[O+].[CH-]=O.[Cl][RuH+2].[Cl][Ru].c1ccc(P(c2ccccc2)c2ccccc2)cc1.c1ccc(P(c2ccccc2)c2ccccc2)cc1.c1ccc(P(c2ccccc2)c2ccccc2)cc1. The molecule has 24 bridgehead atoms. The summed E-state index contributed by atoms with van der Waals surface area (Å²) in [5.41, 5.74) is 0. The number of hydrogen-bond donors (Lipinski definition) is 1. The Bertz CT molecular complexity index is 4260. The Hall–Kier alpha value is -3.24. The Morgan fingerprint density at radius 1 is 0.281 bits per heavy atom. The molecule has 0 aromatic heterocycles. The quantitative estimate of drug-likeness (QED) is 0.0147. The van der Waals surface area contributed by atoms with Crippen molar-refractivity contribution in [3.63, 3.8) is 0 Å². The van der Waals surface area contributed by atoms with Crippen LogP contribution in [0.4, 0.5) is 0 Å². The maximum atomic E-state index is 7.75. The Morgan fingerprint density at radius 3 is 0.583 bits per heavy atom. The summed E-state index contributed by atoms with van der Waals surface area (Å²) in [5.74, 6) is 20.7. The van der Waals surface area contributed by atoms with Crippen LogP contribution in [-0.4, -0.2) is 69.3 Å². The molecule has 0 aliphatic heterocycles. The fourth-order valence-corrected chi connectivity index (χ4v) is 61.6. The van der Waals surface area contributed by atoms with E-state index in [0.29, 0.717) is 0 Å². The van der Waals surface area contributed by atoms with E-state index in [2.05, 4.69) is 318 Å². The second-order valence-electron chi connectivity index (χ2n) is 48.5. The third-order valence-electron chi connectivity index (χ3n) is 39.3. The predicted octanol–water partition coefficient (Wildman–Crippen LogP) is 30.0. The van der Waals surface area contributed by atoms with Crippen LogP contribution < -0.4 is 53.1 Å². The fraction of sp³-hybridized carbons (Fsp3) is 0.556. The fourth-order valence-electron chi connectivity index (χ4n) is 37.7. The standard InChI is InChI=1S/C44H69NP2.C26H43P.3C18H15P.CHO.CO.2ClH.2Ru.H/c1(3-46(41-17-29-5-30(18-41)7-31(6-29)19-41)42-20-32-8-33(21-42)10-34(9-32)22-42)45-2-4-47(43-23-35-11-36(24-43)13-37(12-35)25-43)44-26-38-14-39(27-44)16-40(15-38)28-44;1-2-3-4-5-6-27(25-13-19-7-20(14-25)9-21(8-19)15-25)26-16-22-10-23(17-26)12-24(11-22)18-26;3*1-4-10-16(11-5-1)19(17-12-6-2-7-13-17)18-14-8-3-9-15-18;2*1-2;;;;;/h29-40,45H,1-28H2;19-24H,2-18H2,1H3;3*1-15H;1H;;2*1H;;;/q;;;;;-1;;;;+1;+3;. The first-order valence-corrected chi connectivity index (χ1v) is 68.8. The molecule has 24 aliphatic rings. The molecule has 0 unspecified atom stereocenters. The minimum absolute atomic E-state index is 0.275. The molecule has 139 heavy (non-hydrogen) atoms. The summed E-state index contributed by atoms with van der Waals surface area (Å²) >= 11 is 3.44. The molecule has 0 spiro atoms. The third-order valence-corrected chi connectivity index (χ3v) is 59.9. The zero-order chi connectivity index (χ0) is 95.4. The summed E-state index contributed by atoms with van der Waals surface area (Å²) in [6.07, 6.45) is 71.3. The van der Waals surface area contributed by atoms with Gasteiger partial charge in [-0.1, -0.05) is 307 Å². The molecule has 0 amide bonds. The molecule has 0 radical (unpaired) electrons. The summed E-state index contributed by atoms with van der Waals surface area (Å²) in [4.78, 5) is 7.75. The van der Waals surface area contributed by atoms with E-state index in [9.17, 15) is 0 Å². The Balaban J connectivity index is 0.000000115. The van der Waals surface area contributed by atoms with Crippen molar-refractivity contribution >= 4 is 121 Å². The minimum Gasteiger partial charge on any atom is -0.0622 e. The Kier molecular flexibility index (Phi) is 36.5. The molecule has 3 nitrogen and oxygen atoms in total. The van der Waals surface area contributed by atoms with E-state index in [1.165, 1.54) is 80.1 Å². The van der Waals surface area contributed by atoms with Gasteiger partial charge in [0.15, 0.2) is 0 Å². The molecule has 24 saturated carbocycles. The summed E-state index contributed by atoms with van der Waals surface area (Å²) < 4.78 is 7.50. The van der Waals surface area contributed by atoms with Crippen molar-refractivity contribution in [2.45, 2.75) is 295 Å². The van der Waals surface area contributed by atoms with Gasteiger partial charge in [0, 0.05) is 28.9 Å². The molecular formula is C126H161Cl2NO2P6Ru2+3. The van der Waals surface area contributed by atoms with Crippen molar-refractivity contribution in [3.05, 3.63) is 280 Å². The number of halogens is 2. The number of carbonyl (C=O) groups excluding carboxylic acids is 1. The van der Waals surface area contributed by atoms with Crippen LogP contribution >= 0.6 is 66.9 Å². The number of benzene rings is 9. The van der Waals surface area contributed by atoms with E-state index in [4.69, 9.17) is 9.45 Å². The van der Waals surface area contributed by atoms with Crippen LogP contribution in [0.15, 0.2) is 273 Å². The van der Waals surface area contributed by atoms with Gasteiger partial charge in [0.2, 0.25) is 0 Å². The monoisotopic (exact) mass is 2180 g/mol. The van der Waals surface area contributed by atoms with E-state index in [1.807, 2.05) is 17.3 Å². The zero-order valence-electron chi connectivity index (χ0n) is 83.4. The summed E-state index contributed by atoms with van der Waals surface area (Å²) in [7, 11) is 7.40. The molecule has 24 fully saturated rings. The summed E-state index contributed by atoms with van der Waals surface area (Å²) in [5, 5.41) is 22.2. The molecule has 24 aliphatic carbocycles. The van der Waals surface area contributed by atoms with Gasteiger partial charge in [-0.2, -0.15) is 0 Å². The van der Waals surface area contributed by atoms with Gasteiger partial charge < -0.3 is 10.1 Å². The Morgan fingerprint density at radius 2 is 0.432 bits per heavy atom. The van der Waals surface area contributed by atoms with E-state index in [-0.39, 0.29) is 23.8 Å². The van der Waals surface area contributed by atoms with Gasteiger partial charge >= 0.3 is 65.3 Å². The molecular weight excluding hydrogens is 2020 g/mol. The third kappa shape index (κ3) is 23.7. The number of hydrogen-bond acceptors (Lipinski definition) is 2. The van der Waals surface area contributed by atoms with Crippen LogP contribution in [0.25, 0.3) is 0 Å². The zero-order valence-corrected chi connectivity index (χ0v) is 94.0. The van der Waals surface area contributed by atoms with Crippen molar-refractivity contribution in [3.8, 4) is 0 Å². The average Bonchev–Trinajstić information content (AvgIpc) is 0.708. The predicted molar refractivity (Wildman–Crippen MR) is 600 cm³/mol. The molecule has 0 atom stereocenters. The normalized spacial score (nSPS) is 35.0. The number of nitrogens with one attached hydrogen (secondary N) is 1. The van der Waals surface area contributed by atoms with Gasteiger partial charge in [-0.05, 0) is 432 Å². The van der Waals surface area contributed by atoms with Gasteiger partial charge in [-0.3, -0.25) is 6.79 Å². The topological polar surface area (TPSA) is 49.0 Å². The van der Waals surface area contributed by atoms with Crippen LogP contribution in [0, 0.1) is 113 Å². The smallest absolute Gasteiger partial charge is 0.0134 e. The maximum absolute atomic E-state index is 7.75. The van der Waals surface area contributed by atoms with Gasteiger partial charge in [-0.15, -0.1) is 0 Å². The van der Waals surface area contributed by atoms with Gasteiger partial charge in [0.1, 0.15) is 0 Å². The van der Waals surface area contributed by atoms with E-state index in [1.54, 1.807) is 273 Å². The molecule has 9 aromatic carbocycles. The molecule has 33 rings (SSSR count). The van der Waals surface area contributed by atoms with Crippen LogP contribution in [-0.2, 0) is 44.1 Å². The van der Waals surface area contributed by atoms with Gasteiger partial charge in [0.05, 0.1) is 32.9 Å². The molecule has 1 N–H and O–H groups in total. The molecule has 0 heterocycles. The maximum Gasteiger partial charge on any atom is -0.0134 e. The van der Waals surface area contributed by atoms with Crippen molar-refractivity contribution in [1.82, 2.24) is 5.32 Å². The first-order valence-electron chi connectivity index (χ1n) is 55.2. The van der Waals surface area contributed by atoms with Crippen molar-refractivity contribution in [2.24, 2.45) is 107 Å². The largest absolute Gasteiger partial charge is 0.0622 e. The van der Waals surface area contributed by atoms with Crippen molar-refractivity contribution in [1.29, 1.82) is 0 Å². The second-order valence-corrected chi connectivity index (χ2v) is 65.5. The summed E-state index contributed by atoms with van der Waals surface area (Å²) in [6.45, 7) is 13.0. The molecule has 9 aromatic rings. The van der Waals surface area contributed by atoms with Crippen LogP contribution in [0.3, 0.4) is 0 Å². The molecule has 0 saturated heterocycles. The van der Waals surface area contributed by atoms with Crippen LogP contribution in [0.5, 0.6) is 0 Å². The van der Waals surface area contributed by atoms with Crippen LogP contribution in [0.1, 0.15) is 264 Å². The van der Waals surface area contributed by atoms with E-state index >= 15 is 0 Å². The van der Waals surface area contributed by atoms with E-state index < -0.39 is 23.8 Å². The van der Waals surface area contributed by atoms with Crippen molar-refractivity contribution in [2.75, 3.05) is 31.6 Å². The number of unbranched alkanes of at least 4 members (excludes halogenated alkanes) is 3. The van der Waals surface area contributed by atoms with E-state index in [0.717, 1.165) is 137 Å². The van der Waals surface area contributed by atoms with Crippen LogP contribution in [0.2, 0.25) is 0 Å². The van der Waals surface area contributed by atoms with Gasteiger partial charge in [-0.25, -0.2) is 0 Å². The Labute approximate surface area is 875 Å². The van der Waals surface area contributed by atoms with Gasteiger partial charge in [0.25, 0.3) is 0 Å². The van der Waals surface area contributed by atoms with Crippen molar-refractivity contribution < 1.29 is 44.1 Å². The molecule has 739 valence electrons. The minimum atomic E-state index is -0.446.